The molecule has 0 aliphatic rings. The number of hydrogen-bond donors (Lipinski definition) is 3. The van der Waals surface area contributed by atoms with Crippen molar-refractivity contribution in [2.45, 2.75) is 4.90 Å². The summed E-state index contributed by atoms with van der Waals surface area (Å²) in [4.78, 5) is 7.58. The smallest absolute Gasteiger partial charge is 0.263 e. The Morgan fingerprint density at radius 3 is 2.70 bits per heavy atom. The largest absolute Gasteiger partial charge is 0.307 e. The monoisotopic (exact) mass is 377 g/mol. The highest BCUT2D eigenvalue weighted by Crippen LogP contribution is 2.26. The predicted molar refractivity (Wildman–Crippen MR) is 79.8 cm³/mol. The SMILES string of the molecule is NNc1ncc(S(=O)(=O)Nc2ccncc2Br)cc1Cl. The summed E-state index contributed by atoms with van der Waals surface area (Å²) in [7, 11) is -3.81. The molecule has 0 amide bonds. The Labute approximate surface area is 128 Å². The zero-order valence-electron chi connectivity index (χ0n) is 9.84. The highest BCUT2D eigenvalue weighted by Gasteiger charge is 2.17. The molecule has 2 heterocycles. The van der Waals surface area contributed by atoms with Crippen LogP contribution in [0.25, 0.3) is 0 Å². The molecule has 0 spiro atoms. The summed E-state index contributed by atoms with van der Waals surface area (Å²) in [5.41, 5.74) is 2.62. The minimum absolute atomic E-state index is 0.0785. The van der Waals surface area contributed by atoms with Gasteiger partial charge in [0.1, 0.15) is 4.90 Å². The van der Waals surface area contributed by atoms with Crippen molar-refractivity contribution in [1.29, 1.82) is 0 Å². The lowest BCUT2D eigenvalue weighted by Crippen LogP contribution is -2.15. The molecule has 0 aliphatic heterocycles. The quantitative estimate of drug-likeness (QED) is 0.554. The molecule has 0 saturated heterocycles. The number of pyridine rings is 2. The summed E-state index contributed by atoms with van der Waals surface area (Å²) < 4.78 is 27.3. The number of nitrogens with zero attached hydrogens (tertiary/aromatic N) is 2. The fourth-order valence-corrected chi connectivity index (χ4v) is 3.15. The number of anilines is 2. The molecule has 0 aromatic carbocycles. The van der Waals surface area contributed by atoms with Gasteiger partial charge >= 0.3 is 0 Å². The van der Waals surface area contributed by atoms with E-state index in [1.54, 1.807) is 0 Å². The molecule has 0 saturated carbocycles. The van der Waals surface area contributed by atoms with Crippen molar-refractivity contribution >= 4 is 49.1 Å². The Balaban J connectivity index is 2.36. The highest BCUT2D eigenvalue weighted by molar-refractivity contribution is 9.10. The van der Waals surface area contributed by atoms with Gasteiger partial charge in [-0.25, -0.2) is 19.2 Å². The molecule has 2 aromatic rings. The van der Waals surface area contributed by atoms with Crippen molar-refractivity contribution in [3.8, 4) is 0 Å². The fourth-order valence-electron chi connectivity index (χ4n) is 1.34. The summed E-state index contributed by atoms with van der Waals surface area (Å²) >= 11 is 9.05. The first kappa shape index (κ1) is 15.0. The van der Waals surface area contributed by atoms with Gasteiger partial charge in [-0.1, -0.05) is 11.6 Å². The normalized spacial score (nSPS) is 11.2. The lowest BCUT2D eigenvalue weighted by Gasteiger charge is -2.10. The maximum atomic E-state index is 12.2. The zero-order valence-corrected chi connectivity index (χ0v) is 13.0. The predicted octanol–water partition coefficient (Wildman–Crippen LogP) is 1.98. The van der Waals surface area contributed by atoms with Crippen molar-refractivity contribution in [3.63, 3.8) is 0 Å². The van der Waals surface area contributed by atoms with Gasteiger partial charge in [-0.15, -0.1) is 0 Å². The van der Waals surface area contributed by atoms with Gasteiger partial charge in [0, 0.05) is 18.6 Å². The molecule has 0 bridgehead atoms. The summed E-state index contributed by atoms with van der Waals surface area (Å²) in [6, 6.07) is 2.77. The topological polar surface area (TPSA) is 110 Å². The van der Waals surface area contributed by atoms with Crippen LogP contribution in [0.5, 0.6) is 0 Å². The van der Waals surface area contributed by atoms with E-state index in [4.69, 9.17) is 17.4 Å². The number of nitrogen functional groups attached to an aromatic ring is 1. The number of aromatic nitrogens is 2. The van der Waals surface area contributed by atoms with Crippen LogP contribution in [0, 0.1) is 0 Å². The van der Waals surface area contributed by atoms with Crippen LogP contribution in [-0.2, 0) is 10.0 Å². The van der Waals surface area contributed by atoms with Crippen LogP contribution in [0.3, 0.4) is 0 Å². The van der Waals surface area contributed by atoms with Gasteiger partial charge in [0.15, 0.2) is 5.82 Å². The first-order valence-corrected chi connectivity index (χ1v) is 7.84. The Bertz CT molecular complexity index is 740. The summed E-state index contributed by atoms with van der Waals surface area (Å²) in [5, 5.41) is 0.101. The standard InChI is InChI=1S/C10H9BrClN5O2S/c11-7-5-14-2-1-9(7)17-20(18,19)6-3-8(12)10(16-13)15-4-6/h1-5H,13H2,(H,14,17)(H,15,16). The van der Waals surface area contributed by atoms with Crippen LogP contribution in [0.4, 0.5) is 11.5 Å². The van der Waals surface area contributed by atoms with Gasteiger partial charge in [0.05, 0.1) is 15.2 Å². The summed E-state index contributed by atoms with van der Waals surface area (Å²) in [6.45, 7) is 0. The van der Waals surface area contributed by atoms with Gasteiger partial charge in [-0.05, 0) is 28.1 Å². The van der Waals surface area contributed by atoms with Gasteiger partial charge < -0.3 is 5.43 Å². The van der Waals surface area contributed by atoms with E-state index in [0.717, 1.165) is 6.20 Å². The first-order chi connectivity index (χ1) is 9.44. The van der Waals surface area contributed by atoms with Crippen LogP contribution in [0.2, 0.25) is 5.02 Å². The number of halogens is 2. The fraction of sp³-hybridized carbons (Fsp3) is 0. The molecule has 10 heteroatoms. The lowest BCUT2D eigenvalue weighted by molar-refractivity contribution is 0.601. The molecule has 0 radical (unpaired) electrons. The second-order valence-electron chi connectivity index (χ2n) is 3.61. The van der Waals surface area contributed by atoms with E-state index in [1.807, 2.05) is 0 Å². The first-order valence-electron chi connectivity index (χ1n) is 5.18. The maximum absolute atomic E-state index is 12.2. The van der Waals surface area contributed by atoms with Gasteiger partial charge in [0.2, 0.25) is 0 Å². The lowest BCUT2D eigenvalue weighted by atomic mass is 10.4. The minimum atomic E-state index is -3.81. The number of sulfonamides is 1. The van der Waals surface area contributed by atoms with Crippen molar-refractivity contribution in [1.82, 2.24) is 9.97 Å². The summed E-state index contributed by atoms with van der Waals surface area (Å²) in [6.07, 6.45) is 4.10. The van der Waals surface area contributed by atoms with Crippen LogP contribution < -0.4 is 16.0 Å². The molecule has 106 valence electrons. The van der Waals surface area contributed by atoms with Gasteiger partial charge in [0.25, 0.3) is 10.0 Å². The van der Waals surface area contributed by atoms with E-state index in [1.165, 1.54) is 24.5 Å². The van der Waals surface area contributed by atoms with Crippen LogP contribution in [0.15, 0.2) is 40.1 Å². The molecule has 0 aliphatic carbocycles. The highest BCUT2D eigenvalue weighted by atomic mass is 79.9. The third-order valence-corrected chi connectivity index (χ3v) is 4.53. The number of rotatable bonds is 4. The third-order valence-electron chi connectivity index (χ3n) is 2.28. The number of nitrogens with one attached hydrogen (secondary N) is 2. The van der Waals surface area contributed by atoms with E-state index in [9.17, 15) is 8.42 Å². The molecule has 0 unspecified atom stereocenters. The van der Waals surface area contributed by atoms with Crippen molar-refractivity contribution in [3.05, 3.63) is 40.2 Å². The second-order valence-corrected chi connectivity index (χ2v) is 6.55. The molecule has 2 rings (SSSR count). The molecule has 4 N–H and O–H groups in total. The Kier molecular flexibility index (Phi) is 4.43. The number of hydrogen-bond acceptors (Lipinski definition) is 6. The van der Waals surface area contributed by atoms with Gasteiger partial charge in [-0.2, -0.15) is 0 Å². The van der Waals surface area contributed by atoms with Crippen LogP contribution >= 0.6 is 27.5 Å². The molecule has 0 fully saturated rings. The number of hydrazine groups is 1. The molecule has 7 nitrogen and oxygen atoms in total. The van der Waals surface area contributed by atoms with Gasteiger partial charge in [-0.3, -0.25) is 9.71 Å². The van der Waals surface area contributed by atoms with Crippen molar-refractivity contribution in [2.75, 3.05) is 10.1 Å². The zero-order chi connectivity index (χ0) is 14.8. The molecular formula is C10H9BrClN5O2S. The van der Waals surface area contributed by atoms with E-state index >= 15 is 0 Å². The van der Waals surface area contributed by atoms with E-state index < -0.39 is 10.0 Å². The maximum Gasteiger partial charge on any atom is 0.263 e. The van der Waals surface area contributed by atoms with Crippen molar-refractivity contribution in [2.24, 2.45) is 5.84 Å². The molecule has 0 atom stereocenters. The molecule has 20 heavy (non-hydrogen) atoms. The Hall–Kier alpha value is -1.42. The third kappa shape index (κ3) is 3.18. The van der Waals surface area contributed by atoms with E-state index in [0.29, 0.717) is 10.2 Å². The minimum Gasteiger partial charge on any atom is -0.307 e. The van der Waals surface area contributed by atoms with Crippen molar-refractivity contribution < 1.29 is 8.42 Å². The van der Waals surface area contributed by atoms with E-state index in [-0.39, 0.29) is 15.7 Å². The Morgan fingerprint density at radius 1 is 1.35 bits per heavy atom. The average molecular weight is 379 g/mol. The molecular weight excluding hydrogens is 370 g/mol. The second kappa shape index (κ2) is 5.92. The average Bonchev–Trinajstić information content (AvgIpc) is 2.41. The van der Waals surface area contributed by atoms with Crippen LogP contribution in [-0.4, -0.2) is 18.4 Å². The Morgan fingerprint density at radius 2 is 2.10 bits per heavy atom. The number of nitrogens with two attached hydrogens (primary N) is 1. The summed E-state index contributed by atoms with van der Waals surface area (Å²) in [5.74, 6) is 5.37. The van der Waals surface area contributed by atoms with Crippen LogP contribution in [0.1, 0.15) is 0 Å². The molecule has 2 aromatic heterocycles. The van der Waals surface area contributed by atoms with E-state index in [2.05, 4.69) is 36.0 Å².